The summed E-state index contributed by atoms with van der Waals surface area (Å²) in [4.78, 5) is 0. The molecule has 3 aliphatic carbocycles. The fourth-order valence-corrected chi connectivity index (χ4v) is 5.42. The van der Waals surface area contributed by atoms with Crippen LogP contribution in [0, 0.1) is 40.9 Å². The quantitative estimate of drug-likeness (QED) is 0.811. The molecule has 3 saturated carbocycles. The largest absolute Gasteiger partial charge is 0.328 e. The van der Waals surface area contributed by atoms with E-state index < -0.39 is 6.17 Å². The molecule has 0 aromatic rings. The van der Waals surface area contributed by atoms with Crippen molar-refractivity contribution in [1.82, 2.24) is 0 Å². The number of alkyl halides is 1. The van der Waals surface area contributed by atoms with Crippen molar-refractivity contribution in [2.45, 2.75) is 82.8 Å². The molecule has 0 heterocycles. The molecule has 0 spiro atoms. The van der Waals surface area contributed by atoms with Gasteiger partial charge in [-0.3, -0.25) is 0 Å². The predicted molar refractivity (Wildman–Crippen MR) is 86.7 cm³/mol. The standard InChI is InChI=1S/C19H31FN2/c20-19-11-16(14-5-8-17(22)9-6-14)7-10-18(19)15-3-1-13(12-21)2-4-15/h13-19H,1-11,22H2. The van der Waals surface area contributed by atoms with Gasteiger partial charge in [-0.1, -0.05) is 0 Å². The van der Waals surface area contributed by atoms with E-state index in [1.807, 2.05) is 0 Å². The first-order valence-corrected chi connectivity index (χ1v) is 9.46. The highest BCUT2D eigenvalue weighted by Crippen LogP contribution is 2.46. The SMILES string of the molecule is N#CC1CCC(C2CCC(C3CCC(N)CC3)CC2F)CC1. The molecule has 3 rings (SSSR count). The van der Waals surface area contributed by atoms with E-state index in [2.05, 4.69) is 6.07 Å². The minimum absolute atomic E-state index is 0.233. The van der Waals surface area contributed by atoms with E-state index in [0.717, 1.165) is 57.3 Å². The van der Waals surface area contributed by atoms with Crippen molar-refractivity contribution < 1.29 is 4.39 Å². The van der Waals surface area contributed by atoms with Crippen molar-refractivity contribution in [3.63, 3.8) is 0 Å². The van der Waals surface area contributed by atoms with Crippen LogP contribution in [0.1, 0.15) is 70.6 Å². The maximum atomic E-state index is 14.8. The first kappa shape index (κ1) is 16.2. The van der Waals surface area contributed by atoms with Crippen molar-refractivity contribution in [3.05, 3.63) is 0 Å². The summed E-state index contributed by atoms with van der Waals surface area (Å²) < 4.78 is 14.8. The van der Waals surface area contributed by atoms with Crippen LogP contribution in [0.15, 0.2) is 0 Å². The van der Waals surface area contributed by atoms with Gasteiger partial charge in [0.05, 0.1) is 6.07 Å². The highest BCUT2D eigenvalue weighted by atomic mass is 19.1. The Morgan fingerprint density at radius 1 is 0.773 bits per heavy atom. The number of nitriles is 1. The lowest BCUT2D eigenvalue weighted by Crippen LogP contribution is -2.37. The van der Waals surface area contributed by atoms with Gasteiger partial charge in [-0.25, -0.2) is 4.39 Å². The molecule has 2 N–H and O–H groups in total. The van der Waals surface area contributed by atoms with Crippen molar-refractivity contribution >= 4 is 0 Å². The molecule has 0 aliphatic heterocycles. The lowest BCUT2D eigenvalue weighted by molar-refractivity contribution is 0.0382. The Balaban J connectivity index is 1.49. The Bertz CT molecular complexity index is 389. The van der Waals surface area contributed by atoms with Crippen LogP contribution in [0.2, 0.25) is 0 Å². The molecule has 0 saturated heterocycles. The van der Waals surface area contributed by atoms with E-state index >= 15 is 0 Å². The summed E-state index contributed by atoms with van der Waals surface area (Å²) in [5, 5.41) is 9.00. The highest BCUT2D eigenvalue weighted by Gasteiger charge is 2.39. The van der Waals surface area contributed by atoms with Gasteiger partial charge in [0.15, 0.2) is 0 Å². The van der Waals surface area contributed by atoms with Gasteiger partial charge in [0.25, 0.3) is 0 Å². The Hall–Kier alpha value is -0.620. The fraction of sp³-hybridized carbons (Fsp3) is 0.947. The summed E-state index contributed by atoms with van der Waals surface area (Å²) >= 11 is 0. The third-order valence-corrected chi connectivity index (χ3v) is 6.91. The molecule has 2 nitrogen and oxygen atoms in total. The van der Waals surface area contributed by atoms with Crippen LogP contribution in [0.25, 0.3) is 0 Å². The topological polar surface area (TPSA) is 49.8 Å². The van der Waals surface area contributed by atoms with E-state index in [1.165, 1.54) is 19.3 Å². The number of hydrogen-bond donors (Lipinski definition) is 1. The van der Waals surface area contributed by atoms with Gasteiger partial charge >= 0.3 is 0 Å². The molecular formula is C19H31FN2. The average molecular weight is 306 g/mol. The van der Waals surface area contributed by atoms with Crippen molar-refractivity contribution in [3.8, 4) is 6.07 Å². The molecular weight excluding hydrogens is 275 g/mol. The van der Waals surface area contributed by atoms with Crippen molar-refractivity contribution in [2.75, 3.05) is 0 Å². The normalized spacial score (nSPS) is 46.9. The number of nitrogens with two attached hydrogens (primary N) is 1. The summed E-state index contributed by atoms with van der Waals surface area (Å²) in [7, 11) is 0. The summed E-state index contributed by atoms with van der Waals surface area (Å²) in [6, 6.07) is 2.78. The Morgan fingerprint density at radius 3 is 1.95 bits per heavy atom. The summed E-state index contributed by atoms with van der Waals surface area (Å²) in [5.41, 5.74) is 6.00. The van der Waals surface area contributed by atoms with E-state index in [-0.39, 0.29) is 11.8 Å². The molecule has 124 valence electrons. The monoisotopic (exact) mass is 306 g/mol. The lowest BCUT2D eigenvalue weighted by Gasteiger charge is -2.42. The minimum Gasteiger partial charge on any atom is -0.328 e. The van der Waals surface area contributed by atoms with Gasteiger partial charge in [-0.2, -0.15) is 5.26 Å². The minimum atomic E-state index is -0.599. The zero-order valence-electron chi connectivity index (χ0n) is 13.7. The molecule has 0 bridgehead atoms. The van der Waals surface area contributed by atoms with Crippen LogP contribution in [0.3, 0.4) is 0 Å². The first-order valence-electron chi connectivity index (χ1n) is 9.46. The van der Waals surface area contributed by atoms with Crippen LogP contribution in [0.5, 0.6) is 0 Å². The summed E-state index contributed by atoms with van der Waals surface area (Å²) in [6.07, 6.45) is 11.4. The molecule has 3 unspecified atom stereocenters. The number of rotatable bonds is 2. The van der Waals surface area contributed by atoms with Crippen molar-refractivity contribution in [1.29, 1.82) is 5.26 Å². The van der Waals surface area contributed by atoms with E-state index in [4.69, 9.17) is 11.0 Å². The number of halogens is 1. The second kappa shape index (κ2) is 7.30. The lowest BCUT2D eigenvalue weighted by atomic mass is 9.65. The van der Waals surface area contributed by atoms with E-state index in [0.29, 0.717) is 17.9 Å². The van der Waals surface area contributed by atoms with Crippen LogP contribution >= 0.6 is 0 Å². The third kappa shape index (κ3) is 3.65. The summed E-state index contributed by atoms with van der Waals surface area (Å²) in [5.74, 6) is 2.39. The fourth-order valence-electron chi connectivity index (χ4n) is 5.42. The first-order chi connectivity index (χ1) is 10.7. The Morgan fingerprint density at radius 2 is 1.36 bits per heavy atom. The molecule has 0 amide bonds. The third-order valence-electron chi connectivity index (χ3n) is 6.91. The molecule has 0 aromatic heterocycles. The van der Waals surface area contributed by atoms with Crippen LogP contribution < -0.4 is 5.73 Å². The molecule has 0 radical (unpaired) electrons. The van der Waals surface area contributed by atoms with Crippen LogP contribution in [-0.2, 0) is 0 Å². The van der Waals surface area contributed by atoms with Crippen LogP contribution in [-0.4, -0.2) is 12.2 Å². The van der Waals surface area contributed by atoms with Gasteiger partial charge in [-0.05, 0) is 94.3 Å². The smallest absolute Gasteiger partial charge is 0.103 e. The molecule has 3 fully saturated rings. The maximum Gasteiger partial charge on any atom is 0.103 e. The van der Waals surface area contributed by atoms with Gasteiger partial charge < -0.3 is 5.73 Å². The van der Waals surface area contributed by atoms with Gasteiger partial charge in [-0.15, -0.1) is 0 Å². The number of hydrogen-bond acceptors (Lipinski definition) is 2. The van der Waals surface area contributed by atoms with Crippen molar-refractivity contribution in [2.24, 2.45) is 35.3 Å². The van der Waals surface area contributed by atoms with E-state index in [1.54, 1.807) is 0 Å². The number of nitrogens with zero attached hydrogens (tertiary/aromatic N) is 1. The Kier molecular flexibility index (Phi) is 5.39. The second-order valence-electron chi connectivity index (χ2n) is 8.17. The van der Waals surface area contributed by atoms with Gasteiger partial charge in [0, 0.05) is 12.0 Å². The van der Waals surface area contributed by atoms with Gasteiger partial charge in [0.2, 0.25) is 0 Å². The maximum absolute atomic E-state index is 14.8. The zero-order valence-corrected chi connectivity index (χ0v) is 13.7. The molecule has 3 heteroatoms. The highest BCUT2D eigenvalue weighted by molar-refractivity contribution is 4.93. The average Bonchev–Trinajstić information content (AvgIpc) is 2.56. The molecule has 22 heavy (non-hydrogen) atoms. The molecule has 0 aromatic carbocycles. The molecule has 3 aliphatic rings. The van der Waals surface area contributed by atoms with Crippen LogP contribution in [0.4, 0.5) is 4.39 Å². The Labute approximate surface area is 134 Å². The zero-order chi connectivity index (χ0) is 15.5. The molecule has 3 atom stereocenters. The predicted octanol–water partition coefficient (Wildman–Crippen LogP) is 4.59. The summed E-state index contributed by atoms with van der Waals surface area (Å²) in [6.45, 7) is 0. The van der Waals surface area contributed by atoms with E-state index in [9.17, 15) is 4.39 Å². The second-order valence-corrected chi connectivity index (χ2v) is 8.17. The van der Waals surface area contributed by atoms with Gasteiger partial charge in [0.1, 0.15) is 6.17 Å².